The Kier molecular flexibility index (Phi) is 24.0. The first-order chi connectivity index (χ1) is 57.3. The van der Waals surface area contributed by atoms with Crippen molar-refractivity contribution in [3.63, 3.8) is 0 Å². The third-order valence-electron chi connectivity index (χ3n) is 27.0. The first kappa shape index (κ1) is 82.7. The number of rotatable bonds is 22. The Hall–Kier alpha value is -11.4. The van der Waals surface area contributed by atoms with Crippen LogP contribution in [0.15, 0.2) is 254 Å². The zero-order chi connectivity index (χ0) is 83.4. The van der Waals surface area contributed by atoms with Gasteiger partial charge in [-0.15, -0.1) is 0 Å². The second-order valence-electron chi connectivity index (χ2n) is 34.7. The fourth-order valence-corrected chi connectivity index (χ4v) is 20.5. The van der Waals surface area contributed by atoms with Gasteiger partial charge in [0.2, 0.25) is 12.4 Å². The van der Waals surface area contributed by atoms with Crippen LogP contribution in [-0.4, -0.2) is 134 Å². The predicted octanol–water partition coefficient (Wildman–Crippen LogP) is 17.2. The van der Waals surface area contributed by atoms with Gasteiger partial charge in [0, 0.05) is 0 Å². The molecule has 4 saturated carbocycles. The van der Waals surface area contributed by atoms with Crippen molar-refractivity contribution < 1.29 is 100.0 Å². The maximum atomic E-state index is 16.6. The SMILES string of the molecule is CC1(C)CC[C@]2(C(=O)O[C@@H]3O[C@H](COC(=O)c4ccccc4)[C@@H](OC(=O)c4ccccc4)[C@H](OC(=O)c4ccccc4)[C@H]3OC(=O)c3ccccc3)CC[C@]3(C)C(=CC[C@@H]4[C@@]5(C)CC[C@H](O[C@@H]6O[C@H](COC(=O)c7ccccc7)[C@@H](OC(=O)c7ccccc7)[C@H](OC(=O)c7ccccc7)[C@H]6OC(=O)c6ccccc6)C(C)(C)[C@@H]5CC[C@]43C)[C@@H]2C1. The standard InChI is InChI=1S/C98H100O21/c1-93(2)54-56-98(92(107)119-91-81(118-89(106)68-46-30-15-31-47-68)79(116-87(104)66-42-26-13-27-43-66)77(114-85(102)64-38-22-11-23-39-64)72(111-91)60-109-83(100)62-34-18-9-19-35-62)57-55-96(6)69(70(98)58-93)48-49-74-95(5)52-51-75(94(3,4)73(95)50-53-97(74,96)7)112-90-80(117-88(105)67-44-28-14-29-45-67)78(115-86(103)65-40-24-12-25-41-65)76(113-84(101)63-36-20-10-21-37-63)71(110-90)59-108-82(99)61-32-16-8-17-33-61/h8-48,70-81,90-91H,49-60H2,1-7H3/t70-,71+,72+,73-,74+,75-,76+,77+,78-,79-,80+,81+,90-,91-,95-,96+,97+,98-/m0/s1. The van der Waals surface area contributed by atoms with Crippen molar-refractivity contribution in [1.82, 2.24) is 0 Å². The summed E-state index contributed by atoms with van der Waals surface area (Å²) in [5.41, 5.74) is -0.829. The fraction of sp³-hybridized carbons (Fsp3) is 0.398. The predicted molar refractivity (Wildman–Crippen MR) is 435 cm³/mol. The van der Waals surface area contributed by atoms with E-state index in [9.17, 15) is 38.4 Å². The smallest absolute Gasteiger partial charge is 0.338 e. The van der Waals surface area contributed by atoms with Crippen LogP contribution in [0.3, 0.4) is 0 Å². The molecule has 6 fully saturated rings. The van der Waals surface area contributed by atoms with Gasteiger partial charge in [-0.1, -0.05) is 206 Å². The van der Waals surface area contributed by atoms with Gasteiger partial charge in [-0.2, -0.15) is 0 Å². The van der Waals surface area contributed by atoms with Crippen molar-refractivity contribution in [2.45, 2.75) is 180 Å². The van der Waals surface area contributed by atoms with Crippen LogP contribution in [-0.2, 0) is 61.6 Å². The van der Waals surface area contributed by atoms with E-state index in [4.69, 9.17) is 56.8 Å². The lowest BCUT2D eigenvalue weighted by Gasteiger charge is -2.71. The number of hydrogen-bond acceptors (Lipinski definition) is 21. The van der Waals surface area contributed by atoms with Crippen LogP contribution in [0.2, 0.25) is 0 Å². The van der Waals surface area contributed by atoms with Crippen molar-refractivity contribution in [3.8, 4) is 0 Å². The number of allylic oxidation sites excluding steroid dienone is 2. The van der Waals surface area contributed by atoms with Gasteiger partial charge in [-0.3, -0.25) is 4.79 Å². The van der Waals surface area contributed by atoms with E-state index >= 15 is 4.79 Å². The van der Waals surface area contributed by atoms with Crippen LogP contribution < -0.4 is 0 Å². The van der Waals surface area contributed by atoms with E-state index in [1.165, 1.54) is 29.8 Å². The Morgan fingerprint density at radius 1 is 0.345 bits per heavy atom. The molecule has 2 heterocycles. The van der Waals surface area contributed by atoms with Gasteiger partial charge in [-0.25, -0.2) is 38.4 Å². The minimum Gasteiger partial charge on any atom is -0.459 e. The molecule has 8 aromatic rings. The lowest BCUT2D eigenvalue weighted by atomic mass is 9.33. The molecule has 8 aromatic carbocycles. The minimum atomic E-state index is -1.86. The second-order valence-corrected chi connectivity index (χ2v) is 34.7. The maximum absolute atomic E-state index is 16.6. The zero-order valence-electron chi connectivity index (χ0n) is 67.8. The third-order valence-corrected chi connectivity index (χ3v) is 27.0. The highest BCUT2D eigenvalue weighted by atomic mass is 16.8. The molecule has 0 spiro atoms. The van der Waals surface area contributed by atoms with Crippen molar-refractivity contribution >= 4 is 53.7 Å². The summed E-state index contributed by atoms with van der Waals surface area (Å²) < 4.78 is 79.0. The second kappa shape index (κ2) is 34.5. The Balaban J connectivity index is 0.750. The van der Waals surface area contributed by atoms with Gasteiger partial charge in [0.05, 0.1) is 56.0 Å². The van der Waals surface area contributed by atoms with E-state index in [0.717, 1.165) is 12.8 Å². The van der Waals surface area contributed by atoms with Crippen LogP contribution in [0, 0.1) is 50.2 Å². The highest BCUT2D eigenvalue weighted by Gasteiger charge is 2.71. The summed E-state index contributed by atoms with van der Waals surface area (Å²) in [7, 11) is 0. The normalized spacial score (nSPS) is 30.1. The van der Waals surface area contributed by atoms with E-state index in [0.29, 0.717) is 51.4 Å². The summed E-state index contributed by atoms with van der Waals surface area (Å²) >= 11 is 0. The molecule has 0 radical (unpaired) electrons. The Bertz CT molecular complexity index is 5010. The lowest BCUT2D eigenvalue weighted by molar-refractivity contribution is -0.327. The number of fused-ring (bicyclic) bond motifs is 7. The molecule has 15 rings (SSSR count). The van der Waals surface area contributed by atoms with Gasteiger partial charge in [0.1, 0.15) is 25.4 Å². The number of benzene rings is 8. The van der Waals surface area contributed by atoms with Crippen molar-refractivity contribution in [3.05, 3.63) is 299 Å². The highest BCUT2D eigenvalue weighted by Crippen LogP contribution is 2.76. The van der Waals surface area contributed by atoms with Crippen LogP contribution >= 0.6 is 0 Å². The lowest BCUT2D eigenvalue weighted by Crippen LogP contribution is -2.67. The summed E-state index contributed by atoms with van der Waals surface area (Å²) in [6, 6.07) is 65.7. The van der Waals surface area contributed by atoms with Crippen molar-refractivity contribution in [1.29, 1.82) is 0 Å². The Labute approximate surface area is 692 Å². The average Bonchev–Trinajstić information content (AvgIpc) is 0.673. The monoisotopic (exact) mass is 1610 g/mol. The van der Waals surface area contributed by atoms with Gasteiger partial charge >= 0.3 is 53.7 Å². The van der Waals surface area contributed by atoms with Crippen molar-refractivity contribution in [2.75, 3.05) is 13.2 Å². The molecule has 0 aromatic heterocycles. The summed E-state index contributed by atoms with van der Waals surface area (Å²) in [5.74, 6) is -7.46. The summed E-state index contributed by atoms with van der Waals surface area (Å²) in [6.07, 6.45) is -8.47. The molecule has 618 valence electrons. The largest absolute Gasteiger partial charge is 0.459 e. The van der Waals surface area contributed by atoms with E-state index in [2.05, 4.69) is 54.5 Å². The highest BCUT2D eigenvalue weighted by molar-refractivity contribution is 5.94. The van der Waals surface area contributed by atoms with Crippen LogP contribution in [0.5, 0.6) is 0 Å². The molecule has 0 amide bonds. The molecule has 21 heteroatoms. The molecule has 5 aliphatic carbocycles. The zero-order valence-corrected chi connectivity index (χ0v) is 67.8. The molecule has 2 aliphatic heterocycles. The average molecular weight is 1610 g/mol. The molecular weight excluding hydrogens is 1510 g/mol. The first-order valence-electron chi connectivity index (χ1n) is 41.2. The number of hydrogen-bond donors (Lipinski definition) is 0. The number of carbonyl (C=O) groups is 9. The van der Waals surface area contributed by atoms with E-state index in [1.54, 1.807) is 218 Å². The first-order valence-corrected chi connectivity index (χ1v) is 41.2. The van der Waals surface area contributed by atoms with Crippen LogP contribution in [0.25, 0.3) is 0 Å². The molecule has 0 N–H and O–H groups in total. The molecule has 0 unspecified atom stereocenters. The van der Waals surface area contributed by atoms with Gasteiger partial charge in [-0.05, 0) is 206 Å². The topological polar surface area (TPSA) is 264 Å². The maximum Gasteiger partial charge on any atom is 0.338 e. The minimum absolute atomic E-state index is 0.00169. The van der Waals surface area contributed by atoms with Crippen LogP contribution in [0.1, 0.15) is 196 Å². The molecule has 2 saturated heterocycles. The quantitative estimate of drug-likeness (QED) is 0.0264. The fourth-order valence-electron chi connectivity index (χ4n) is 20.5. The van der Waals surface area contributed by atoms with E-state index in [1.807, 2.05) is 0 Å². The Morgan fingerprint density at radius 2 is 0.681 bits per heavy atom. The molecule has 119 heavy (non-hydrogen) atoms. The molecule has 21 nitrogen and oxygen atoms in total. The van der Waals surface area contributed by atoms with Crippen LogP contribution in [0.4, 0.5) is 0 Å². The number of ether oxygens (including phenoxy) is 12. The number of carbonyl (C=O) groups excluding carboxylic acids is 9. The number of esters is 9. The van der Waals surface area contributed by atoms with E-state index < -0.39 is 151 Å². The summed E-state index contributed by atoms with van der Waals surface area (Å²) in [4.78, 5) is 132. The third kappa shape index (κ3) is 16.8. The van der Waals surface area contributed by atoms with Gasteiger partial charge in [0.15, 0.2) is 36.8 Å². The van der Waals surface area contributed by atoms with Gasteiger partial charge in [0.25, 0.3) is 0 Å². The molecule has 7 aliphatic rings. The molecule has 0 bridgehead atoms. The van der Waals surface area contributed by atoms with E-state index in [-0.39, 0.29) is 78.5 Å². The Morgan fingerprint density at radius 3 is 1.07 bits per heavy atom. The summed E-state index contributed by atoms with van der Waals surface area (Å²) in [5, 5.41) is 0. The summed E-state index contributed by atoms with van der Waals surface area (Å²) in [6.45, 7) is 15.0. The van der Waals surface area contributed by atoms with Crippen molar-refractivity contribution in [2.24, 2.45) is 50.2 Å². The molecule has 18 atom stereocenters. The molecular formula is C98H100O21. The van der Waals surface area contributed by atoms with Gasteiger partial charge < -0.3 is 56.8 Å².